The Morgan fingerprint density at radius 2 is 1.82 bits per heavy atom. The molecule has 0 saturated carbocycles. The quantitative estimate of drug-likeness (QED) is 0.567. The van der Waals surface area contributed by atoms with Crippen LogP contribution in [-0.2, 0) is 0 Å². The Morgan fingerprint density at radius 3 is 2.56 bits per heavy atom. The Hall–Kier alpha value is -3.37. The molecular weight excluding hydrogens is 432 g/mol. The van der Waals surface area contributed by atoms with Crippen molar-refractivity contribution in [2.24, 2.45) is 0 Å². The van der Waals surface area contributed by atoms with Gasteiger partial charge in [-0.25, -0.2) is 9.97 Å². The molecule has 3 aliphatic heterocycles. The largest absolute Gasteiger partial charge is 0.486 e. The average Bonchev–Trinajstić information content (AvgIpc) is 3.38. The molecule has 0 spiro atoms. The highest BCUT2D eigenvalue weighted by molar-refractivity contribution is 5.83. The number of anilines is 2. The number of hydrogen-bond donors (Lipinski definition) is 2. The summed E-state index contributed by atoms with van der Waals surface area (Å²) in [6.45, 7) is 8.19. The van der Waals surface area contributed by atoms with Crippen molar-refractivity contribution in [3.05, 3.63) is 42.5 Å². The average molecular weight is 463 g/mol. The Balaban J connectivity index is 1.22. The first-order valence-electron chi connectivity index (χ1n) is 12.0. The van der Waals surface area contributed by atoms with E-state index >= 15 is 0 Å². The summed E-state index contributed by atoms with van der Waals surface area (Å²) < 4.78 is 11.6. The van der Waals surface area contributed by atoms with Gasteiger partial charge in [0.15, 0.2) is 11.5 Å². The molecule has 3 aromatic rings. The van der Waals surface area contributed by atoms with Gasteiger partial charge in [-0.2, -0.15) is 5.10 Å². The van der Waals surface area contributed by atoms with Crippen LogP contribution in [0.25, 0.3) is 11.1 Å². The molecule has 34 heavy (non-hydrogen) atoms. The molecule has 178 valence electrons. The van der Waals surface area contributed by atoms with Crippen LogP contribution >= 0.6 is 0 Å². The van der Waals surface area contributed by atoms with E-state index in [2.05, 4.69) is 53.1 Å². The summed E-state index contributed by atoms with van der Waals surface area (Å²) in [5, 5.41) is 6.94. The van der Waals surface area contributed by atoms with Gasteiger partial charge >= 0.3 is 0 Å². The molecule has 6 rings (SSSR count). The van der Waals surface area contributed by atoms with E-state index in [4.69, 9.17) is 15.2 Å². The second kappa shape index (κ2) is 9.11. The fourth-order valence-corrected chi connectivity index (χ4v) is 5.05. The molecule has 3 aliphatic rings. The van der Waals surface area contributed by atoms with E-state index in [1.54, 1.807) is 12.5 Å². The minimum atomic E-state index is 0.307. The van der Waals surface area contributed by atoms with Gasteiger partial charge in [-0.1, -0.05) is 6.07 Å². The third-order valence-corrected chi connectivity index (χ3v) is 7.03. The molecule has 2 fully saturated rings. The van der Waals surface area contributed by atoms with Crippen molar-refractivity contribution in [2.75, 3.05) is 69.7 Å². The Labute approximate surface area is 198 Å². The van der Waals surface area contributed by atoms with Crippen LogP contribution in [0.4, 0.5) is 11.6 Å². The predicted octanol–water partition coefficient (Wildman–Crippen LogP) is 1.79. The third-order valence-electron chi connectivity index (χ3n) is 7.03. The van der Waals surface area contributed by atoms with Crippen molar-refractivity contribution in [1.29, 1.82) is 0 Å². The lowest BCUT2D eigenvalue weighted by atomic mass is 10.0. The number of nitrogens with one attached hydrogen (secondary N) is 1. The SMILES string of the molecule is Nc1ncnc(N2CCN([C@H](CN3CCC3)c3ccc4c(c3)OCCO4)CC2)c1-c1cn[nH]c1. The number of aromatic nitrogens is 4. The molecule has 1 atom stereocenters. The fraction of sp³-hybridized carbons (Fsp3) is 0.458. The van der Waals surface area contributed by atoms with Gasteiger partial charge in [0.05, 0.1) is 11.8 Å². The molecule has 1 aromatic carbocycles. The molecule has 5 heterocycles. The molecule has 0 aliphatic carbocycles. The lowest BCUT2D eigenvalue weighted by molar-refractivity contribution is 0.0961. The monoisotopic (exact) mass is 462 g/mol. The highest BCUT2D eigenvalue weighted by Gasteiger charge is 2.31. The number of fused-ring (bicyclic) bond motifs is 1. The maximum atomic E-state index is 6.25. The van der Waals surface area contributed by atoms with Crippen molar-refractivity contribution < 1.29 is 9.47 Å². The number of nitrogens with two attached hydrogens (primary N) is 1. The zero-order chi connectivity index (χ0) is 22.9. The second-order valence-electron chi connectivity index (χ2n) is 9.04. The van der Waals surface area contributed by atoms with E-state index in [-0.39, 0.29) is 0 Å². The zero-order valence-electron chi connectivity index (χ0n) is 19.2. The number of H-pyrrole nitrogens is 1. The van der Waals surface area contributed by atoms with Crippen molar-refractivity contribution in [1.82, 2.24) is 30.0 Å². The molecule has 2 saturated heterocycles. The van der Waals surface area contributed by atoms with Crippen LogP contribution < -0.4 is 20.1 Å². The van der Waals surface area contributed by atoms with E-state index in [9.17, 15) is 0 Å². The minimum Gasteiger partial charge on any atom is -0.486 e. The third kappa shape index (κ3) is 4.03. The first-order valence-corrected chi connectivity index (χ1v) is 12.0. The lowest BCUT2D eigenvalue weighted by Crippen LogP contribution is -2.51. The van der Waals surface area contributed by atoms with Crippen LogP contribution in [0.3, 0.4) is 0 Å². The molecule has 0 bridgehead atoms. The molecule has 0 unspecified atom stereocenters. The topological polar surface area (TPSA) is 109 Å². The van der Waals surface area contributed by atoms with E-state index in [0.29, 0.717) is 25.1 Å². The van der Waals surface area contributed by atoms with E-state index < -0.39 is 0 Å². The first-order chi connectivity index (χ1) is 16.8. The molecule has 10 heteroatoms. The van der Waals surface area contributed by atoms with E-state index in [1.807, 2.05) is 6.20 Å². The Bertz CT molecular complexity index is 1130. The van der Waals surface area contributed by atoms with Crippen molar-refractivity contribution in [3.8, 4) is 22.6 Å². The van der Waals surface area contributed by atoms with Crippen LogP contribution in [-0.4, -0.2) is 89.0 Å². The van der Waals surface area contributed by atoms with Crippen molar-refractivity contribution >= 4 is 11.6 Å². The summed E-state index contributed by atoms with van der Waals surface area (Å²) in [7, 11) is 0. The number of piperazine rings is 1. The minimum absolute atomic E-state index is 0.307. The van der Waals surface area contributed by atoms with Gasteiger partial charge in [-0.05, 0) is 37.2 Å². The molecule has 0 amide bonds. The number of nitrogen functional groups attached to an aromatic ring is 1. The molecular formula is C24H30N8O2. The Kier molecular flexibility index (Phi) is 5.68. The zero-order valence-corrected chi connectivity index (χ0v) is 19.2. The van der Waals surface area contributed by atoms with Crippen molar-refractivity contribution in [2.45, 2.75) is 12.5 Å². The molecule has 0 radical (unpaired) electrons. The van der Waals surface area contributed by atoms with Gasteiger partial charge in [0.1, 0.15) is 31.2 Å². The van der Waals surface area contributed by atoms with Gasteiger partial charge in [0, 0.05) is 50.5 Å². The molecule has 3 N–H and O–H groups in total. The van der Waals surface area contributed by atoms with Crippen LogP contribution in [0.5, 0.6) is 11.5 Å². The number of rotatable bonds is 6. The number of hydrogen-bond acceptors (Lipinski definition) is 9. The van der Waals surface area contributed by atoms with Gasteiger partial charge < -0.3 is 25.0 Å². The molecule has 10 nitrogen and oxygen atoms in total. The summed E-state index contributed by atoms with van der Waals surface area (Å²) in [6.07, 6.45) is 6.43. The second-order valence-corrected chi connectivity index (χ2v) is 9.04. The van der Waals surface area contributed by atoms with Crippen LogP contribution in [0.2, 0.25) is 0 Å². The standard InChI is InChI=1S/C24H30N8O2/c25-23-22(18-13-28-29-14-18)24(27-16-26-23)32-8-6-31(7-9-32)19(15-30-4-1-5-30)17-2-3-20-21(12-17)34-11-10-33-20/h2-3,12-14,16,19H,1,4-11,15H2,(H,28,29)(H2,25,26,27)/t19-/m1/s1. The van der Waals surface area contributed by atoms with Crippen LogP contribution in [0, 0.1) is 0 Å². The summed E-state index contributed by atoms with van der Waals surface area (Å²) in [4.78, 5) is 16.2. The van der Waals surface area contributed by atoms with Gasteiger partial charge in [-0.3, -0.25) is 10.00 Å². The highest BCUT2D eigenvalue weighted by Crippen LogP contribution is 2.36. The number of benzene rings is 1. The summed E-state index contributed by atoms with van der Waals surface area (Å²) in [6, 6.07) is 6.74. The lowest BCUT2D eigenvalue weighted by Gasteiger charge is -2.43. The van der Waals surface area contributed by atoms with Crippen LogP contribution in [0.1, 0.15) is 18.0 Å². The summed E-state index contributed by atoms with van der Waals surface area (Å²) in [5.74, 6) is 3.04. The van der Waals surface area contributed by atoms with Crippen LogP contribution in [0.15, 0.2) is 36.9 Å². The molecule has 2 aromatic heterocycles. The predicted molar refractivity (Wildman–Crippen MR) is 129 cm³/mol. The Morgan fingerprint density at radius 1 is 1.00 bits per heavy atom. The van der Waals surface area contributed by atoms with Gasteiger partial charge in [0.2, 0.25) is 0 Å². The maximum absolute atomic E-state index is 6.25. The number of aromatic amines is 1. The number of likely N-dealkylation sites (tertiary alicyclic amines) is 1. The fourth-order valence-electron chi connectivity index (χ4n) is 5.05. The summed E-state index contributed by atoms with van der Waals surface area (Å²) >= 11 is 0. The maximum Gasteiger partial charge on any atom is 0.161 e. The van der Waals surface area contributed by atoms with Gasteiger partial charge in [-0.15, -0.1) is 0 Å². The van der Waals surface area contributed by atoms with Gasteiger partial charge in [0.25, 0.3) is 0 Å². The van der Waals surface area contributed by atoms with E-state index in [0.717, 1.165) is 61.2 Å². The first kappa shape index (κ1) is 21.2. The number of nitrogens with zero attached hydrogens (tertiary/aromatic N) is 6. The number of ether oxygens (including phenoxy) is 2. The van der Waals surface area contributed by atoms with E-state index in [1.165, 1.54) is 25.1 Å². The summed E-state index contributed by atoms with van der Waals surface area (Å²) in [5.41, 5.74) is 9.28. The highest BCUT2D eigenvalue weighted by atomic mass is 16.6. The smallest absolute Gasteiger partial charge is 0.161 e. The van der Waals surface area contributed by atoms with Crippen molar-refractivity contribution in [3.63, 3.8) is 0 Å². The normalized spacial score (nSPS) is 19.6.